The maximum absolute atomic E-state index is 12.3. The van der Waals surface area contributed by atoms with E-state index >= 15 is 0 Å². The Labute approximate surface area is 152 Å². The van der Waals surface area contributed by atoms with Crippen LogP contribution < -0.4 is 20.5 Å². The predicted molar refractivity (Wildman–Crippen MR) is 100 cm³/mol. The average molecular weight is 357 g/mol. The Balaban J connectivity index is 2.19. The van der Waals surface area contributed by atoms with Gasteiger partial charge >= 0.3 is 0 Å². The molecule has 1 aromatic carbocycles. The number of para-hydroxylation sites is 1. The lowest BCUT2D eigenvalue weighted by molar-refractivity contribution is 0.0953. The Bertz CT molecular complexity index is 856. The molecular weight excluding hydrogens is 334 g/mol. The number of hydrogen-bond acceptors (Lipinski definition) is 5. The van der Waals surface area contributed by atoms with Crippen LogP contribution in [0.25, 0.3) is 0 Å². The second kappa shape index (κ2) is 8.84. The zero-order chi connectivity index (χ0) is 19.1. The van der Waals surface area contributed by atoms with E-state index in [1.165, 1.54) is 24.0 Å². The van der Waals surface area contributed by atoms with Crippen molar-refractivity contribution in [2.24, 2.45) is 5.10 Å². The Hall–Kier alpha value is -3.09. The van der Waals surface area contributed by atoms with E-state index in [-0.39, 0.29) is 17.2 Å². The van der Waals surface area contributed by atoms with Crippen molar-refractivity contribution >= 4 is 12.1 Å². The largest absolute Gasteiger partial charge is 0.492 e. The first kappa shape index (κ1) is 19.2. The number of nitrogens with zero attached hydrogens (tertiary/aromatic N) is 2. The van der Waals surface area contributed by atoms with Gasteiger partial charge in [-0.25, -0.2) is 5.43 Å². The van der Waals surface area contributed by atoms with Crippen LogP contribution in [0.15, 0.2) is 46.4 Å². The van der Waals surface area contributed by atoms with Gasteiger partial charge in [0, 0.05) is 17.8 Å². The van der Waals surface area contributed by atoms with Gasteiger partial charge in [-0.2, -0.15) is 5.10 Å². The van der Waals surface area contributed by atoms with Gasteiger partial charge in [0.2, 0.25) is 0 Å². The minimum atomic E-state index is -0.568. The number of amides is 1. The molecule has 0 aliphatic heterocycles. The lowest BCUT2D eigenvalue weighted by Gasteiger charge is -2.11. The molecule has 0 saturated carbocycles. The number of carbonyl (C=O) groups excluding carboxylic acids is 1. The number of ether oxygens (including phenoxy) is 2. The van der Waals surface area contributed by atoms with Crippen LogP contribution in [0.4, 0.5) is 0 Å². The van der Waals surface area contributed by atoms with Crippen LogP contribution in [0.3, 0.4) is 0 Å². The smallest absolute Gasteiger partial charge is 0.276 e. The quantitative estimate of drug-likeness (QED) is 0.610. The fraction of sp³-hybridized carbons (Fsp3) is 0.316. The normalized spacial score (nSPS) is 11.0. The molecule has 138 valence electrons. The molecule has 2 rings (SSSR count). The fourth-order valence-corrected chi connectivity index (χ4v) is 2.43. The number of hydrogen-bond donors (Lipinski definition) is 1. The molecule has 1 N–H and O–H groups in total. The highest BCUT2D eigenvalue weighted by Gasteiger charge is 2.13. The molecule has 0 radical (unpaired) electrons. The summed E-state index contributed by atoms with van der Waals surface area (Å²) in [6, 6.07) is 8.47. The zero-order valence-electron chi connectivity index (χ0n) is 15.4. The Kier molecular flexibility index (Phi) is 6.54. The molecule has 7 nitrogen and oxygen atoms in total. The number of methoxy groups -OCH3 is 1. The Morgan fingerprint density at radius 1 is 1.31 bits per heavy atom. The third kappa shape index (κ3) is 4.30. The van der Waals surface area contributed by atoms with Gasteiger partial charge in [-0.3, -0.25) is 9.59 Å². The third-order valence-electron chi connectivity index (χ3n) is 3.66. The van der Waals surface area contributed by atoms with Crippen molar-refractivity contribution in [1.82, 2.24) is 9.99 Å². The molecule has 1 aromatic heterocycles. The van der Waals surface area contributed by atoms with Gasteiger partial charge in [-0.05, 0) is 45.0 Å². The number of nitrogens with one attached hydrogen (secondary N) is 1. The van der Waals surface area contributed by atoms with Crippen molar-refractivity contribution in [3.63, 3.8) is 0 Å². The van der Waals surface area contributed by atoms with Crippen LogP contribution in [-0.2, 0) is 0 Å². The molecule has 7 heteroatoms. The summed E-state index contributed by atoms with van der Waals surface area (Å²) in [6.07, 6.45) is 3.10. The number of pyridine rings is 1. The van der Waals surface area contributed by atoms with Gasteiger partial charge in [0.05, 0.1) is 19.9 Å². The highest BCUT2D eigenvalue weighted by molar-refractivity contribution is 5.94. The van der Waals surface area contributed by atoms with Crippen LogP contribution >= 0.6 is 0 Å². The summed E-state index contributed by atoms with van der Waals surface area (Å²) in [5.41, 5.74) is 2.70. The summed E-state index contributed by atoms with van der Waals surface area (Å²) >= 11 is 0. The number of benzene rings is 1. The van der Waals surface area contributed by atoms with Gasteiger partial charge in [-0.15, -0.1) is 0 Å². The molecule has 2 aromatic rings. The second-order valence-electron chi connectivity index (χ2n) is 5.74. The van der Waals surface area contributed by atoms with Crippen LogP contribution in [0, 0.1) is 0 Å². The van der Waals surface area contributed by atoms with E-state index in [0.717, 1.165) is 0 Å². The first-order chi connectivity index (χ1) is 12.5. The summed E-state index contributed by atoms with van der Waals surface area (Å²) in [4.78, 5) is 24.6. The monoisotopic (exact) mass is 357 g/mol. The zero-order valence-corrected chi connectivity index (χ0v) is 15.4. The molecule has 26 heavy (non-hydrogen) atoms. The first-order valence-electron chi connectivity index (χ1n) is 8.34. The van der Waals surface area contributed by atoms with Crippen molar-refractivity contribution < 1.29 is 14.3 Å². The maximum Gasteiger partial charge on any atom is 0.276 e. The van der Waals surface area contributed by atoms with Gasteiger partial charge in [-0.1, -0.05) is 6.07 Å². The molecule has 0 bridgehead atoms. The van der Waals surface area contributed by atoms with Gasteiger partial charge in [0.15, 0.2) is 11.5 Å². The molecule has 1 heterocycles. The highest BCUT2D eigenvalue weighted by Crippen LogP contribution is 2.29. The topological polar surface area (TPSA) is 81.9 Å². The first-order valence-corrected chi connectivity index (χ1v) is 8.34. The number of carbonyl (C=O) groups is 1. The van der Waals surface area contributed by atoms with E-state index in [2.05, 4.69) is 10.5 Å². The molecule has 0 unspecified atom stereocenters. The van der Waals surface area contributed by atoms with Crippen LogP contribution in [0.2, 0.25) is 0 Å². The fourth-order valence-electron chi connectivity index (χ4n) is 2.43. The Morgan fingerprint density at radius 3 is 2.73 bits per heavy atom. The lowest BCUT2D eigenvalue weighted by atomic mass is 10.2. The van der Waals surface area contributed by atoms with Crippen molar-refractivity contribution in [2.45, 2.75) is 26.8 Å². The third-order valence-corrected chi connectivity index (χ3v) is 3.66. The standard InChI is InChI=1S/C19H23N3O4/c1-5-26-16-10-6-8-14(17(16)25-4)12-20-21-18(23)15-9-7-11-22(13(2)3)19(15)24/h6-13H,5H2,1-4H3,(H,21,23)/b20-12-. The molecule has 0 aliphatic carbocycles. The minimum Gasteiger partial charge on any atom is -0.492 e. The van der Waals surface area contributed by atoms with Crippen molar-refractivity contribution in [3.05, 3.63) is 58.0 Å². The van der Waals surface area contributed by atoms with Gasteiger partial charge in [0.1, 0.15) is 5.56 Å². The predicted octanol–water partition coefficient (Wildman–Crippen LogP) is 2.60. The molecule has 1 amide bonds. The van der Waals surface area contributed by atoms with E-state index < -0.39 is 5.91 Å². The van der Waals surface area contributed by atoms with E-state index in [0.29, 0.717) is 23.7 Å². The molecule has 0 spiro atoms. The SMILES string of the molecule is CCOc1cccc(/C=N\NC(=O)c2cccn(C(C)C)c2=O)c1OC. The molecule has 0 saturated heterocycles. The second-order valence-corrected chi connectivity index (χ2v) is 5.74. The Morgan fingerprint density at radius 2 is 2.08 bits per heavy atom. The van der Waals surface area contributed by atoms with E-state index in [9.17, 15) is 9.59 Å². The van der Waals surface area contributed by atoms with Crippen LogP contribution in [0.1, 0.15) is 42.7 Å². The summed E-state index contributed by atoms with van der Waals surface area (Å²) in [5, 5.41) is 3.94. The maximum atomic E-state index is 12.3. The van der Waals surface area contributed by atoms with Crippen molar-refractivity contribution in [1.29, 1.82) is 0 Å². The summed E-state index contributed by atoms with van der Waals surface area (Å²) in [7, 11) is 1.53. The van der Waals surface area contributed by atoms with Crippen LogP contribution in [-0.4, -0.2) is 30.4 Å². The van der Waals surface area contributed by atoms with E-state index in [1.54, 1.807) is 30.5 Å². The average Bonchev–Trinajstić information content (AvgIpc) is 2.62. The van der Waals surface area contributed by atoms with Gasteiger partial charge < -0.3 is 14.0 Å². The molecular formula is C19H23N3O4. The molecule has 0 atom stereocenters. The van der Waals surface area contributed by atoms with Crippen LogP contribution in [0.5, 0.6) is 11.5 Å². The minimum absolute atomic E-state index is 0.0355. The van der Waals surface area contributed by atoms with Gasteiger partial charge in [0.25, 0.3) is 11.5 Å². The summed E-state index contributed by atoms with van der Waals surface area (Å²) < 4.78 is 12.3. The lowest BCUT2D eigenvalue weighted by Crippen LogP contribution is -2.31. The van der Waals surface area contributed by atoms with Crippen molar-refractivity contribution in [2.75, 3.05) is 13.7 Å². The highest BCUT2D eigenvalue weighted by atomic mass is 16.5. The van der Waals surface area contributed by atoms with E-state index in [4.69, 9.17) is 9.47 Å². The summed E-state index contributed by atoms with van der Waals surface area (Å²) in [6.45, 7) is 6.13. The molecule has 0 aliphatic rings. The van der Waals surface area contributed by atoms with E-state index in [1.807, 2.05) is 20.8 Å². The summed E-state index contributed by atoms with van der Waals surface area (Å²) in [5.74, 6) is 0.545. The number of rotatable bonds is 7. The van der Waals surface area contributed by atoms with Crippen molar-refractivity contribution in [3.8, 4) is 11.5 Å². The number of hydrazone groups is 1. The number of aromatic nitrogens is 1. The molecule has 0 fully saturated rings.